The quantitative estimate of drug-likeness (QED) is 0.0361. The van der Waals surface area contributed by atoms with Gasteiger partial charge in [0.1, 0.15) is 74.1 Å². The largest absolute Gasteiger partial charge is 0.490 e. The highest BCUT2D eigenvalue weighted by atomic mass is 32.2. The molecule has 4 aromatic carbocycles. The Bertz CT molecular complexity index is 1700. The van der Waals surface area contributed by atoms with Gasteiger partial charge < -0.3 is 28.4 Å². The molecule has 0 saturated carbocycles. The first kappa shape index (κ1) is 36.6. The van der Waals surface area contributed by atoms with Crippen molar-refractivity contribution in [2.45, 2.75) is 14.7 Å². The lowest BCUT2D eigenvalue weighted by atomic mass is 10.3. The molecule has 0 aromatic heterocycles. The van der Waals surface area contributed by atoms with Gasteiger partial charge in [0.25, 0.3) is 20.2 Å². The maximum atomic E-state index is 11.2. The number of ether oxygens (including phenoxy) is 6. The van der Waals surface area contributed by atoms with Crippen LogP contribution in [0.15, 0.2) is 106 Å². The van der Waals surface area contributed by atoms with Crippen molar-refractivity contribution < 1.29 is 69.0 Å². The second-order valence-corrected chi connectivity index (χ2v) is 12.9. The third-order valence-corrected chi connectivity index (χ3v) is 8.27. The average molecular weight is 727 g/mol. The van der Waals surface area contributed by atoms with E-state index in [9.17, 15) is 16.8 Å². The smallest absolute Gasteiger partial charge is 0.294 e. The molecule has 4 aromatic rings. The van der Waals surface area contributed by atoms with Gasteiger partial charge in [-0.3, -0.25) is 9.11 Å². The summed E-state index contributed by atoms with van der Waals surface area (Å²) in [6.45, 7) is 0.823. The van der Waals surface area contributed by atoms with Crippen LogP contribution in [0.5, 0.6) is 34.5 Å². The SMILES string of the molecule is O=S(=O)(O)c1ccc(OCCOc2cc(OCCOc3ccc(SOOO)cc3)cc(OCCOc3ccc(S(=O)(=O)O)cc3)c2)cc1. The topological polar surface area (TPSA) is 203 Å². The zero-order valence-electron chi connectivity index (χ0n) is 24.9. The summed E-state index contributed by atoms with van der Waals surface area (Å²) in [6, 6.07) is 22.3. The van der Waals surface area contributed by atoms with Crippen molar-refractivity contribution in [2.75, 3.05) is 39.6 Å². The van der Waals surface area contributed by atoms with Gasteiger partial charge in [-0.25, -0.2) is 5.26 Å². The highest BCUT2D eigenvalue weighted by Gasteiger charge is 2.11. The summed E-state index contributed by atoms with van der Waals surface area (Å²) in [5.41, 5.74) is 0. The Morgan fingerprint density at radius 3 is 1.04 bits per heavy atom. The van der Waals surface area contributed by atoms with Crippen molar-refractivity contribution in [3.63, 3.8) is 0 Å². The van der Waals surface area contributed by atoms with Gasteiger partial charge in [-0.15, -0.1) is 4.33 Å². The van der Waals surface area contributed by atoms with E-state index in [1.807, 2.05) is 0 Å². The molecule has 48 heavy (non-hydrogen) atoms. The first-order valence-electron chi connectivity index (χ1n) is 13.8. The summed E-state index contributed by atoms with van der Waals surface area (Å²) in [7, 11) is -8.62. The molecule has 0 aliphatic rings. The first-order chi connectivity index (χ1) is 23.0. The monoisotopic (exact) mass is 726 g/mol. The maximum absolute atomic E-state index is 11.2. The molecule has 0 heterocycles. The van der Waals surface area contributed by atoms with Gasteiger partial charge in [-0.05, 0) is 72.8 Å². The molecule has 0 amide bonds. The van der Waals surface area contributed by atoms with Crippen molar-refractivity contribution in [1.82, 2.24) is 0 Å². The zero-order valence-corrected chi connectivity index (χ0v) is 27.3. The molecule has 0 atom stereocenters. The standard InChI is InChI=1S/C30H30O15S3/c31-44-45-46-28-7-1-22(2-8-28)38-13-16-41-25-19-26(42-17-14-39-23-3-9-29(10-4-23)47(32,33)34)21-27(20-25)43-18-15-40-24-5-11-30(12-6-24)48(35,36)37/h1-12,19-21,31H,13-18H2,(H,32,33,34)(H,35,36,37). The van der Waals surface area contributed by atoms with Gasteiger partial charge in [0, 0.05) is 23.1 Å². The Labute approximate surface area is 280 Å². The van der Waals surface area contributed by atoms with Crippen molar-refractivity contribution in [2.24, 2.45) is 0 Å². The predicted molar refractivity (Wildman–Crippen MR) is 169 cm³/mol. The molecule has 18 heteroatoms. The van der Waals surface area contributed by atoms with E-state index in [1.54, 1.807) is 42.5 Å². The second-order valence-electron chi connectivity index (χ2n) is 9.32. The van der Waals surface area contributed by atoms with Crippen LogP contribution in [0.4, 0.5) is 0 Å². The van der Waals surface area contributed by atoms with Crippen molar-refractivity contribution in [3.05, 3.63) is 91.0 Å². The van der Waals surface area contributed by atoms with Gasteiger partial charge in [-0.1, -0.05) is 5.04 Å². The molecule has 3 N–H and O–H groups in total. The van der Waals surface area contributed by atoms with E-state index in [2.05, 4.69) is 9.37 Å². The van der Waals surface area contributed by atoms with Gasteiger partial charge in [0.15, 0.2) is 0 Å². The molecule has 0 aliphatic carbocycles. The van der Waals surface area contributed by atoms with E-state index in [1.165, 1.54) is 48.5 Å². The lowest BCUT2D eigenvalue weighted by molar-refractivity contribution is -0.432. The minimum absolute atomic E-state index is 0.110. The van der Waals surface area contributed by atoms with Gasteiger partial charge in [0.05, 0.1) is 21.8 Å². The summed E-state index contributed by atoms with van der Waals surface area (Å²) in [4.78, 5) is 0.175. The molecule has 0 unspecified atom stereocenters. The fraction of sp³-hybridized carbons (Fsp3) is 0.200. The van der Waals surface area contributed by atoms with E-state index < -0.39 is 20.2 Å². The molecule has 258 valence electrons. The molecule has 0 bridgehead atoms. The van der Waals surface area contributed by atoms with E-state index in [0.717, 1.165) is 12.0 Å². The van der Waals surface area contributed by atoms with Gasteiger partial charge >= 0.3 is 0 Å². The van der Waals surface area contributed by atoms with Crippen LogP contribution in [0.2, 0.25) is 0 Å². The van der Waals surface area contributed by atoms with Crippen molar-refractivity contribution in [3.8, 4) is 34.5 Å². The Morgan fingerprint density at radius 1 is 0.458 bits per heavy atom. The minimum atomic E-state index is -4.31. The number of benzene rings is 4. The fourth-order valence-electron chi connectivity index (χ4n) is 3.81. The van der Waals surface area contributed by atoms with Crippen LogP contribution in [0.25, 0.3) is 0 Å². The first-order valence-corrected chi connectivity index (χ1v) is 17.4. The predicted octanol–water partition coefficient (Wildman–Crippen LogP) is 4.98. The highest BCUT2D eigenvalue weighted by Crippen LogP contribution is 2.29. The summed E-state index contributed by atoms with van der Waals surface area (Å²) >= 11 is 0.823. The van der Waals surface area contributed by atoms with Gasteiger partial charge in [-0.2, -0.15) is 16.8 Å². The summed E-state index contributed by atoms with van der Waals surface area (Å²) in [6.07, 6.45) is 0. The van der Waals surface area contributed by atoms with Crippen LogP contribution in [0.1, 0.15) is 0 Å². The Hall–Kier alpha value is -4.27. The summed E-state index contributed by atoms with van der Waals surface area (Å²) < 4.78 is 102. The Kier molecular flexibility index (Phi) is 13.5. The molecular formula is C30H30O15S3. The van der Waals surface area contributed by atoms with Crippen LogP contribution in [0, 0.1) is 0 Å². The maximum Gasteiger partial charge on any atom is 0.294 e. The summed E-state index contributed by atoms with van der Waals surface area (Å²) in [5.74, 6) is 2.55. The molecule has 0 saturated heterocycles. The third-order valence-electron chi connectivity index (χ3n) is 5.94. The van der Waals surface area contributed by atoms with E-state index in [4.69, 9.17) is 42.8 Å². The third kappa shape index (κ3) is 12.4. The zero-order chi connectivity index (χ0) is 34.4. The average Bonchev–Trinajstić information content (AvgIpc) is 3.06. The Morgan fingerprint density at radius 2 is 0.750 bits per heavy atom. The van der Waals surface area contributed by atoms with Crippen LogP contribution in [-0.4, -0.2) is 70.8 Å². The van der Waals surface area contributed by atoms with Crippen LogP contribution < -0.4 is 28.4 Å². The molecular weight excluding hydrogens is 697 g/mol. The lowest BCUT2D eigenvalue weighted by Crippen LogP contribution is -2.12. The molecule has 15 nitrogen and oxygen atoms in total. The van der Waals surface area contributed by atoms with Crippen molar-refractivity contribution in [1.29, 1.82) is 0 Å². The highest BCUT2D eigenvalue weighted by molar-refractivity contribution is 7.94. The molecule has 0 aliphatic heterocycles. The van der Waals surface area contributed by atoms with E-state index in [-0.39, 0.29) is 49.4 Å². The number of hydrogen-bond acceptors (Lipinski definition) is 14. The normalized spacial score (nSPS) is 11.5. The van der Waals surface area contributed by atoms with Gasteiger partial charge in [0.2, 0.25) is 0 Å². The lowest BCUT2D eigenvalue weighted by Gasteiger charge is -2.14. The Balaban J connectivity index is 1.31. The molecule has 0 radical (unpaired) electrons. The fourth-order valence-corrected chi connectivity index (χ4v) is 5.13. The molecule has 4 rings (SSSR count). The molecule has 0 fully saturated rings. The minimum Gasteiger partial charge on any atom is -0.490 e. The number of rotatable bonds is 20. The van der Waals surface area contributed by atoms with E-state index >= 15 is 0 Å². The van der Waals surface area contributed by atoms with Crippen LogP contribution in [0.3, 0.4) is 0 Å². The van der Waals surface area contributed by atoms with Crippen LogP contribution in [-0.2, 0) is 29.6 Å². The van der Waals surface area contributed by atoms with E-state index in [0.29, 0.717) is 39.4 Å². The molecule has 0 spiro atoms. The second kappa shape index (κ2) is 17.8. The van der Waals surface area contributed by atoms with Crippen LogP contribution >= 0.6 is 12.0 Å². The number of hydrogen-bond donors (Lipinski definition) is 3. The van der Waals surface area contributed by atoms with Crippen molar-refractivity contribution >= 4 is 32.3 Å². The summed E-state index contributed by atoms with van der Waals surface area (Å²) in [5, 5.41) is 11.8.